The molecule has 0 saturated heterocycles. The molecule has 0 bridgehead atoms. The quantitative estimate of drug-likeness (QED) is 0.611. The van der Waals surface area contributed by atoms with E-state index in [1.54, 1.807) is 24.7 Å². The van der Waals surface area contributed by atoms with Gasteiger partial charge in [-0.1, -0.05) is 30.3 Å². The molecular formula is C18H13N7O. The van der Waals surface area contributed by atoms with Gasteiger partial charge in [0.1, 0.15) is 12.7 Å². The molecule has 0 radical (unpaired) electrons. The normalized spacial score (nSPS) is 10.5. The van der Waals surface area contributed by atoms with E-state index in [0.29, 0.717) is 22.9 Å². The monoisotopic (exact) mass is 343 g/mol. The molecule has 0 unspecified atom stereocenters. The Balaban J connectivity index is 1.46. The fourth-order valence-corrected chi connectivity index (χ4v) is 2.31. The Hall–Kier alpha value is -3.94. The number of benzene rings is 1. The molecule has 3 heterocycles. The predicted octanol–water partition coefficient (Wildman–Crippen LogP) is 2.37. The second-order valence-corrected chi connectivity index (χ2v) is 5.36. The van der Waals surface area contributed by atoms with Crippen LogP contribution in [0, 0.1) is 0 Å². The van der Waals surface area contributed by atoms with Crippen LogP contribution in [0.5, 0.6) is 0 Å². The Labute approximate surface area is 148 Å². The minimum absolute atomic E-state index is 0.306. The summed E-state index contributed by atoms with van der Waals surface area (Å²) in [7, 11) is 0. The van der Waals surface area contributed by atoms with E-state index in [1.807, 2.05) is 30.3 Å². The van der Waals surface area contributed by atoms with Crippen molar-refractivity contribution in [1.82, 2.24) is 29.7 Å². The molecule has 0 aliphatic rings. The summed E-state index contributed by atoms with van der Waals surface area (Å²) in [6.45, 7) is 0. The van der Waals surface area contributed by atoms with Gasteiger partial charge in [-0.3, -0.25) is 4.79 Å². The molecule has 4 aromatic rings. The highest BCUT2D eigenvalue weighted by molar-refractivity contribution is 6.03. The maximum atomic E-state index is 12.3. The van der Waals surface area contributed by atoms with E-state index in [-0.39, 0.29) is 5.91 Å². The second-order valence-electron chi connectivity index (χ2n) is 5.36. The summed E-state index contributed by atoms with van der Waals surface area (Å²) < 4.78 is 1.53. The summed E-state index contributed by atoms with van der Waals surface area (Å²) in [5.74, 6) is 0.872. The topological polar surface area (TPSA) is 98.5 Å². The van der Waals surface area contributed by atoms with Crippen molar-refractivity contribution < 1.29 is 4.79 Å². The van der Waals surface area contributed by atoms with Crippen molar-refractivity contribution in [3.05, 3.63) is 79.3 Å². The molecule has 1 amide bonds. The zero-order valence-electron chi connectivity index (χ0n) is 13.5. The summed E-state index contributed by atoms with van der Waals surface area (Å²) in [5.41, 5.74) is 1.82. The van der Waals surface area contributed by atoms with E-state index in [0.717, 1.165) is 5.56 Å². The number of anilines is 1. The van der Waals surface area contributed by atoms with Crippen LogP contribution in [-0.4, -0.2) is 35.6 Å². The Bertz CT molecular complexity index is 998. The van der Waals surface area contributed by atoms with Gasteiger partial charge < -0.3 is 5.32 Å². The van der Waals surface area contributed by atoms with E-state index in [1.165, 1.54) is 23.4 Å². The van der Waals surface area contributed by atoms with Crippen molar-refractivity contribution in [2.45, 2.75) is 0 Å². The smallest absolute Gasteiger partial charge is 0.258 e. The average Bonchev–Trinajstić information content (AvgIpc) is 3.24. The Morgan fingerprint density at radius 3 is 2.38 bits per heavy atom. The lowest BCUT2D eigenvalue weighted by molar-refractivity contribution is 0.102. The second kappa shape index (κ2) is 6.89. The van der Waals surface area contributed by atoms with Gasteiger partial charge >= 0.3 is 0 Å². The summed E-state index contributed by atoms with van der Waals surface area (Å²) in [6, 6.07) is 13.0. The lowest BCUT2D eigenvalue weighted by Crippen LogP contribution is -2.13. The van der Waals surface area contributed by atoms with Crippen molar-refractivity contribution in [3.63, 3.8) is 0 Å². The number of nitrogens with one attached hydrogen (secondary N) is 1. The molecule has 126 valence electrons. The standard InChI is InChI=1S/C18H13N7O/c26-18(14-8-21-17(22-9-14)13-4-2-1-3-5-13)24-15-6-7-16(20-10-15)25-12-19-11-23-25/h1-12H,(H,24,26). The van der Waals surface area contributed by atoms with Crippen LogP contribution in [0.1, 0.15) is 10.4 Å². The molecule has 1 aromatic carbocycles. The molecule has 26 heavy (non-hydrogen) atoms. The van der Waals surface area contributed by atoms with E-state index in [4.69, 9.17) is 0 Å². The van der Waals surface area contributed by atoms with Gasteiger partial charge in [-0.25, -0.2) is 24.6 Å². The summed E-state index contributed by atoms with van der Waals surface area (Å²) in [6.07, 6.45) is 7.53. The highest BCUT2D eigenvalue weighted by Crippen LogP contribution is 2.14. The fourth-order valence-electron chi connectivity index (χ4n) is 2.31. The molecule has 1 N–H and O–H groups in total. The zero-order chi connectivity index (χ0) is 17.8. The maximum absolute atomic E-state index is 12.3. The number of hydrogen-bond donors (Lipinski definition) is 1. The molecule has 4 rings (SSSR count). The average molecular weight is 343 g/mol. The Morgan fingerprint density at radius 1 is 0.923 bits per heavy atom. The van der Waals surface area contributed by atoms with Crippen LogP contribution in [0.15, 0.2) is 73.7 Å². The number of amides is 1. The van der Waals surface area contributed by atoms with Gasteiger partial charge in [0.25, 0.3) is 5.91 Å². The number of nitrogens with zero attached hydrogens (tertiary/aromatic N) is 6. The first-order valence-corrected chi connectivity index (χ1v) is 7.79. The SMILES string of the molecule is O=C(Nc1ccc(-n2cncn2)nc1)c1cnc(-c2ccccc2)nc1. The van der Waals surface area contributed by atoms with Crippen LogP contribution in [-0.2, 0) is 0 Å². The van der Waals surface area contributed by atoms with E-state index in [2.05, 4.69) is 30.4 Å². The first-order valence-electron chi connectivity index (χ1n) is 7.79. The van der Waals surface area contributed by atoms with E-state index >= 15 is 0 Å². The van der Waals surface area contributed by atoms with Crippen molar-refractivity contribution >= 4 is 11.6 Å². The van der Waals surface area contributed by atoms with E-state index in [9.17, 15) is 4.79 Å². The van der Waals surface area contributed by atoms with Crippen LogP contribution in [0.2, 0.25) is 0 Å². The lowest BCUT2D eigenvalue weighted by atomic mass is 10.2. The minimum atomic E-state index is -0.306. The van der Waals surface area contributed by atoms with Crippen molar-refractivity contribution in [1.29, 1.82) is 0 Å². The van der Waals surface area contributed by atoms with Crippen molar-refractivity contribution in [2.75, 3.05) is 5.32 Å². The zero-order valence-corrected chi connectivity index (χ0v) is 13.5. The number of pyridine rings is 1. The van der Waals surface area contributed by atoms with Crippen LogP contribution < -0.4 is 5.32 Å². The largest absolute Gasteiger partial charge is 0.320 e. The third-order valence-corrected chi connectivity index (χ3v) is 3.61. The number of aromatic nitrogens is 6. The van der Waals surface area contributed by atoms with Gasteiger partial charge in [0.2, 0.25) is 0 Å². The molecule has 0 saturated carbocycles. The third kappa shape index (κ3) is 3.29. The molecule has 8 nitrogen and oxygen atoms in total. The number of carbonyl (C=O) groups is 1. The van der Waals surface area contributed by atoms with E-state index < -0.39 is 0 Å². The summed E-state index contributed by atoms with van der Waals surface area (Å²) in [4.78, 5) is 28.9. The van der Waals surface area contributed by atoms with Crippen molar-refractivity contribution in [2.24, 2.45) is 0 Å². The van der Waals surface area contributed by atoms with Gasteiger partial charge in [-0.05, 0) is 12.1 Å². The molecule has 0 atom stereocenters. The van der Waals surface area contributed by atoms with Crippen LogP contribution >= 0.6 is 0 Å². The molecule has 0 fully saturated rings. The third-order valence-electron chi connectivity index (χ3n) is 3.61. The number of rotatable bonds is 4. The lowest BCUT2D eigenvalue weighted by Gasteiger charge is -2.06. The van der Waals surface area contributed by atoms with Gasteiger partial charge in [0.15, 0.2) is 11.6 Å². The molecule has 0 aliphatic heterocycles. The van der Waals surface area contributed by atoms with Crippen LogP contribution in [0.3, 0.4) is 0 Å². The molecule has 3 aromatic heterocycles. The minimum Gasteiger partial charge on any atom is -0.320 e. The highest BCUT2D eigenvalue weighted by atomic mass is 16.1. The van der Waals surface area contributed by atoms with Gasteiger partial charge in [0, 0.05) is 18.0 Å². The molecule has 0 spiro atoms. The molecular weight excluding hydrogens is 330 g/mol. The molecule has 8 heteroatoms. The van der Waals surface area contributed by atoms with Crippen molar-refractivity contribution in [3.8, 4) is 17.2 Å². The van der Waals surface area contributed by atoms with Gasteiger partial charge in [-0.15, -0.1) is 0 Å². The first-order chi connectivity index (χ1) is 12.8. The summed E-state index contributed by atoms with van der Waals surface area (Å²) in [5, 5.41) is 6.76. The predicted molar refractivity (Wildman–Crippen MR) is 94.6 cm³/mol. The fraction of sp³-hybridized carbons (Fsp3) is 0. The van der Waals surface area contributed by atoms with Crippen LogP contribution in [0.25, 0.3) is 17.2 Å². The molecule has 0 aliphatic carbocycles. The number of carbonyl (C=O) groups excluding carboxylic acids is 1. The first kappa shape index (κ1) is 15.6. The Kier molecular flexibility index (Phi) is 4.13. The van der Waals surface area contributed by atoms with Gasteiger partial charge in [-0.2, -0.15) is 5.10 Å². The van der Waals surface area contributed by atoms with Gasteiger partial charge in [0.05, 0.1) is 17.4 Å². The maximum Gasteiger partial charge on any atom is 0.258 e. The summed E-state index contributed by atoms with van der Waals surface area (Å²) >= 11 is 0. The van der Waals surface area contributed by atoms with Crippen LogP contribution in [0.4, 0.5) is 5.69 Å². The Morgan fingerprint density at radius 2 is 1.73 bits per heavy atom. The highest BCUT2D eigenvalue weighted by Gasteiger charge is 2.09. The number of hydrogen-bond acceptors (Lipinski definition) is 6.